The summed E-state index contributed by atoms with van der Waals surface area (Å²) in [5.74, 6) is 11.6. The van der Waals surface area contributed by atoms with Crippen molar-refractivity contribution >= 4 is 132 Å². The van der Waals surface area contributed by atoms with Gasteiger partial charge in [0.1, 0.15) is 29.2 Å². The molecular formula is C75H98N8O2S7. The van der Waals surface area contributed by atoms with E-state index in [0.29, 0.717) is 52.4 Å². The van der Waals surface area contributed by atoms with E-state index < -0.39 is 0 Å². The summed E-state index contributed by atoms with van der Waals surface area (Å²) < 4.78 is 5.58. The summed E-state index contributed by atoms with van der Waals surface area (Å²) in [6.45, 7) is 14.0. The number of ether oxygens (including phenoxy) is 1. The summed E-state index contributed by atoms with van der Waals surface area (Å²) in [6, 6.07) is 20.7. The van der Waals surface area contributed by atoms with E-state index in [4.69, 9.17) is 41.1 Å². The van der Waals surface area contributed by atoms with E-state index >= 15 is 0 Å². The van der Waals surface area contributed by atoms with Crippen molar-refractivity contribution in [1.82, 2.24) is 39.9 Å². The van der Waals surface area contributed by atoms with Gasteiger partial charge in [0.25, 0.3) is 0 Å². The van der Waals surface area contributed by atoms with Crippen LogP contribution in [0.1, 0.15) is 208 Å². The van der Waals surface area contributed by atoms with Crippen molar-refractivity contribution in [1.29, 1.82) is 0 Å². The number of thioether (sulfide) groups is 7. The highest BCUT2D eigenvalue weighted by Gasteiger charge is 2.26. The number of carbonyl (C=O) groups excluding carboxylic acids is 1. The fourth-order valence-electron chi connectivity index (χ4n) is 11.4. The topological polar surface area (TPSA) is 135 Å². The molecule has 2 N–H and O–H groups in total. The zero-order chi connectivity index (χ0) is 64.3. The Morgan fingerprint density at radius 1 is 0.380 bits per heavy atom. The van der Waals surface area contributed by atoms with Crippen LogP contribution in [0.4, 0.5) is 0 Å². The SMILES string of the molecule is C#CCCC(=O)OCCSc1ccc2c(c1)-c1nc-2nc2[nH]c(nc3nc(nc4[nH]c(n1)c1cc(SCCCCCC)c(SCCCCCC)cc41)-c1cc(SCCCCCC)c(SCCCCCC)cc1-3)c1cc(SCCCCCC)c(SCCCCCC)cc21. The summed E-state index contributed by atoms with van der Waals surface area (Å²) in [5.41, 5.74) is 6.60. The number of H-pyrrole nitrogens is 2. The highest BCUT2D eigenvalue weighted by molar-refractivity contribution is 8.03. The Kier molecular flexibility index (Phi) is 30.6. The van der Waals surface area contributed by atoms with Crippen LogP contribution in [0.15, 0.2) is 88.9 Å². The summed E-state index contributed by atoms with van der Waals surface area (Å²) in [6.07, 6.45) is 35.3. The molecule has 7 aromatic rings. The van der Waals surface area contributed by atoms with Crippen molar-refractivity contribution in [2.45, 2.75) is 243 Å². The molecule has 0 saturated heterocycles. The first-order valence-corrected chi connectivity index (χ1v) is 41.7. The maximum Gasteiger partial charge on any atom is 0.306 e. The molecule has 9 rings (SSSR count). The predicted molar refractivity (Wildman–Crippen MR) is 405 cm³/mol. The number of terminal acetylenes is 1. The lowest BCUT2D eigenvalue weighted by Gasteiger charge is -2.12. The van der Waals surface area contributed by atoms with Crippen LogP contribution in [0.25, 0.3) is 89.7 Å². The fourth-order valence-corrected chi connectivity index (χ4v) is 19.0. The standard InChI is InChI=1S/C75H98N8O2S7/c1-8-15-22-28-38-87-61-46-55-56(47-62(61)88-39-29-23-16-9-2)72-79-70(55)77-68-53-36-35-52(86-44-37-85-67(84)34-21-14-7)45-54(53)69(76-68)78-71-57-48-63(89-40-30-24-17-10-3)64(90-41-31-25-18-11-4)49-58(57)73(80-71)82-75-60-51-66(92-43-33-27-20-13-6)65(91-42-32-26-19-12-5)50-59(60)74(81-72)83-75/h7,35-36,45-51H,8-13,15-34,37-44H2,1-6H3,(H2,76,77,78,79,80,81,82,83). The van der Waals surface area contributed by atoms with Gasteiger partial charge in [-0.15, -0.1) is 94.7 Å². The molecule has 0 unspecified atom stereocenters. The molecular weight excluding hydrogens is 1270 g/mol. The maximum absolute atomic E-state index is 12.4. The molecule has 3 aromatic heterocycles. The van der Waals surface area contributed by atoms with Crippen LogP contribution in [0.3, 0.4) is 0 Å². The third-order valence-corrected chi connectivity index (χ3v) is 24.8. The zero-order valence-electron chi connectivity index (χ0n) is 55.7. The van der Waals surface area contributed by atoms with E-state index in [1.165, 1.54) is 183 Å². The number of benzene rings is 4. The van der Waals surface area contributed by atoms with Crippen molar-refractivity contribution < 1.29 is 9.53 Å². The minimum Gasteiger partial charge on any atom is -0.465 e. The van der Waals surface area contributed by atoms with Crippen LogP contribution < -0.4 is 0 Å². The van der Waals surface area contributed by atoms with Gasteiger partial charge in [0.15, 0.2) is 23.3 Å². The first-order valence-electron chi connectivity index (χ1n) is 34.8. The lowest BCUT2D eigenvalue weighted by Crippen LogP contribution is -2.06. The molecule has 0 amide bonds. The molecule has 0 atom stereocenters. The van der Waals surface area contributed by atoms with E-state index in [-0.39, 0.29) is 19.0 Å². The van der Waals surface area contributed by atoms with Gasteiger partial charge in [0, 0.05) is 90.2 Å². The second kappa shape index (κ2) is 39.1. The minimum atomic E-state index is -0.277. The largest absolute Gasteiger partial charge is 0.465 e. The lowest BCUT2D eigenvalue weighted by molar-refractivity contribution is -0.142. The monoisotopic (exact) mass is 1370 g/mol. The molecule has 0 radical (unpaired) electrons. The Balaban J connectivity index is 1.32. The van der Waals surface area contributed by atoms with Crippen LogP contribution in [0.5, 0.6) is 0 Å². The first-order chi connectivity index (χ1) is 45.3. The van der Waals surface area contributed by atoms with Gasteiger partial charge in [0.05, 0.1) is 6.42 Å². The van der Waals surface area contributed by atoms with Crippen molar-refractivity contribution in [2.24, 2.45) is 0 Å². The van der Waals surface area contributed by atoms with Crippen molar-refractivity contribution in [3.8, 4) is 57.9 Å². The second-order valence-corrected chi connectivity index (χ2v) is 32.1. The molecule has 492 valence electrons. The molecule has 4 aromatic carbocycles. The van der Waals surface area contributed by atoms with Crippen LogP contribution in [-0.4, -0.2) is 92.7 Å². The summed E-state index contributed by atoms with van der Waals surface area (Å²) in [5, 5.41) is 4.01. The molecule has 0 spiro atoms. The molecule has 5 heterocycles. The van der Waals surface area contributed by atoms with Crippen LogP contribution in [-0.2, 0) is 9.53 Å². The number of rotatable bonds is 42. The lowest BCUT2D eigenvalue weighted by atomic mass is 10.1. The number of esters is 1. The first kappa shape index (κ1) is 72.0. The number of nitrogens with one attached hydrogen (secondary N) is 2. The van der Waals surface area contributed by atoms with Crippen LogP contribution in [0, 0.1) is 12.3 Å². The molecule has 8 bridgehead atoms. The van der Waals surface area contributed by atoms with Gasteiger partial charge >= 0.3 is 5.97 Å². The highest BCUT2D eigenvalue weighted by atomic mass is 32.2. The molecule has 92 heavy (non-hydrogen) atoms. The number of aromatic nitrogens is 8. The summed E-state index contributed by atoms with van der Waals surface area (Å²) in [7, 11) is 0. The van der Waals surface area contributed by atoms with E-state index in [1.807, 2.05) is 70.6 Å². The fraction of sp³-hybridized carbons (Fsp3) is 0.533. The van der Waals surface area contributed by atoms with Crippen LogP contribution in [0.2, 0.25) is 0 Å². The highest BCUT2D eigenvalue weighted by Crippen LogP contribution is 2.46. The number of unbranched alkanes of at least 4 members (excludes halogenated alkanes) is 18. The van der Waals surface area contributed by atoms with Gasteiger partial charge < -0.3 is 14.7 Å². The number of hydrogen-bond acceptors (Lipinski definition) is 15. The molecule has 2 aliphatic heterocycles. The third kappa shape index (κ3) is 20.4. The average molecular weight is 1370 g/mol. The Hall–Kier alpha value is -4.28. The molecule has 0 saturated carbocycles. The number of hydrogen-bond donors (Lipinski definition) is 2. The van der Waals surface area contributed by atoms with Gasteiger partial charge in [-0.05, 0) is 128 Å². The molecule has 2 aliphatic rings. The van der Waals surface area contributed by atoms with Gasteiger partial charge in [-0.2, -0.15) is 0 Å². The van der Waals surface area contributed by atoms with Crippen molar-refractivity contribution in [3.05, 3.63) is 54.6 Å². The van der Waals surface area contributed by atoms with Crippen molar-refractivity contribution in [2.75, 3.05) is 46.9 Å². The Bertz CT molecular complexity index is 3750. The quantitative estimate of drug-likeness (QED) is 0.0162. The Labute approximate surface area is 579 Å². The normalized spacial score (nSPS) is 11.9. The van der Waals surface area contributed by atoms with Gasteiger partial charge in [0.2, 0.25) is 0 Å². The van der Waals surface area contributed by atoms with Crippen molar-refractivity contribution in [3.63, 3.8) is 0 Å². The average Bonchev–Trinajstić information content (AvgIpc) is 1.61. The minimum absolute atomic E-state index is 0.216. The third-order valence-electron chi connectivity index (χ3n) is 16.6. The van der Waals surface area contributed by atoms with Gasteiger partial charge in [-0.25, -0.2) is 29.9 Å². The van der Waals surface area contributed by atoms with Gasteiger partial charge in [-0.3, -0.25) is 4.79 Å². The molecule has 0 aliphatic carbocycles. The van der Waals surface area contributed by atoms with E-state index in [2.05, 4.69) is 112 Å². The second-order valence-electron chi connectivity index (χ2n) is 24.1. The molecule has 10 nitrogen and oxygen atoms in total. The summed E-state index contributed by atoms with van der Waals surface area (Å²) >= 11 is 13.5. The number of aromatic amines is 2. The number of nitrogens with zero attached hydrogens (tertiary/aromatic N) is 6. The van der Waals surface area contributed by atoms with E-state index in [1.54, 1.807) is 11.8 Å². The summed E-state index contributed by atoms with van der Waals surface area (Å²) in [4.78, 5) is 62.5. The molecule has 17 heteroatoms. The Morgan fingerprint density at radius 3 is 1.02 bits per heavy atom. The van der Waals surface area contributed by atoms with E-state index in [0.717, 1.165) is 88.9 Å². The predicted octanol–water partition coefficient (Wildman–Crippen LogP) is 24.0. The van der Waals surface area contributed by atoms with Gasteiger partial charge in [-0.1, -0.05) is 157 Å². The Morgan fingerprint density at radius 2 is 0.696 bits per heavy atom. The smallest absolute Gasteiger partial charge is 0.306 e. The zero-order valence-corrected chi connectivity index (χ0v) is 61.4. The van der Waals surface area contributed by atoms with Crippen LogP contribution >= 0.6 is 82.3 Å². The van der Waals surface area contributed by atoms with E-state index in [9.17, 15) is 4.79 Å². The number of carbonyl (C=O) groups is 1. The molecule has 0 fully saturated rings. The maximum atomic E-state index is 12.4. The number of fused-ring (bicyclic) bond motifs is 20.